The van der Waals surface area contributed by atoms with Gasteiger partial charge in [0.2, 0.25) is 0 Å². The SMILES string of the molecule is C[N+](C)(C)CCCNc1nn2c(c1N)CCCC2. The Morgan fingerprint density at radius 1 is 1.33 bits per heavy atom. The van der Waals surface area contributed by atoms with Crippen molar-refractivity contribution in [2.45, 2.75) is 32.2 Å². The molecule has 1 aliphatic rings. The van der Waals surface area contributed by atoms with Crippen molar-refractivity contribution in [2.24, 2.45) is 0 Å². The molecule has 1 aromatic rings. The fourth-order valence-corrected chi connectivity index (χ4v) is 2.40. The monoisotopic (exact) mass is 252 g/mol. The van der Waals surface area contributed by atoms with Crippen LogP contribution in [0.4, 0.5) is 11.5 Å². The number of fused-ring (bicyclic) bond motifs is 1. The third kappa shape index (κ3) is 3.16. The van der Waals surface area contributed by atoms with E-state index in [1.165, 1.54) is 18.5 Å². The summed E-state index contributed by atoms with van der Waals surface area (Å²) < 4.78 is 3.07. The molecule has 5 nitrogen and oxygen atoms in total. The van der Waals surface area contributed by atoms with Gasteiger partial charge in [-0.1, -0.05) is 0 Å². The summed E-state index contributed by atoms with van der Waals surface area (Å²) in [6, 6.07) is 0. The number of hydrogen-bond acceptors (Lipinski definition) is 3. The van der Waals surface area contributed by atoms with Gasteiger partial charge in [-0.15, -0.1) is 0 Å². The minimum absolute atomic E-state index is 0.861. The first-order chi connectivity index (χ1) is 8.47. The molecule has 1 aromatic heterocycles. The van der Waals surface area contributed by atoms with E-state index in [4.69, 9.17) is 5.73 Å². The minimum atomic E-state index is 0.861. The average Bonchev–Trinajstić information content (AvgIpc) is 2.62. The highest BCUT2D eigenvalue weighted by molar-refractivity contribution is 5.64. The van der Waals surface area contributed by atoms with Crippen LogP contribution in [0.25, 0.3) is 0 Å². The summed E-state index contributed by atoms with van der Waals surface area (Å²) in [5, 5.41) is 7.94. The van der Waals surface area contributed by atoms with Gasteiger partial charge in [-0.3, -0.25) is 4.68 Å². The van der Waals surface area contributed by atoms with Crippen LogP contribution in [-0.2, 0) is 13.0 Å². The lowest BCUT2D eigenvalue weighted by Crippen LogP contribution is -2.36. The van der Waals surface area contributed by atoms with E-state index < -0.39 is 0 Å². The van der Waals surface area contributed by atoms with Gasteiger partial charge in [-0.25, -0.2) is 0 Å². The van der Waals surface area contributed by atoms with E-state index in [0.29, 0.717) is 0 Å². The number of quaternary nitrogens is 1. The first-order valence-corrected chi connectivity index (χ1v) is 6.87. The normalized spacial score (nSPS) is 15.5. The summed E-state index contributed by atoms with van der Waals surface area (Å²) in [4.78, 5) is 0. The molecule has 0 radical (unpaired) electrons. The molecule has 1 aliphatic heterocycles. The molecule has 0 amide bonds. The maximum Gasteiger partial charge on any atom is 0.171 e. The van der Waals surface area contributed by atoms with E-state index >= 15 is 0 Å². The Kier molecular flexibility index (Phi) is 3.80. The topological polar surface area (TPSA) is 55.9 Å². The van der Waals surface area contributed by atoms with E-state index in [1.54, 1.807) is 0 Å². The standard InChI is InChI=1S/C13H26N5/c1-18(2,3)10-6-8-15-13-12(14)11-7-4-5-9-17(11)16-13/h4-10,14H2,1-3H3,(H,15,16)/q+1. The lowest BCUT2D eigenvalue weighted by Gasteiger charge is -2.23. The van der Waals surface area contributed by atoms with Crippen LogP contribution < -0.4 is 11.1 Å². The van der Waals surface area contributed by atoms with E-state index in [-0.39, 0.29) is 0 Å². The van der Waals surface area contributed by atoms with Crippen LogP contribution in [0.1, 0.15) is 25.0 Å². The quantitative estimate of drug-likeness (QED) is 0.613. The van der Waals surface area contributed by atoms with Crippen molar-refractivity contribution < 1.29 is 4.48 Å². The molecule has 2 heterocycles. The maximum absolute atomic E-state index is 6.14. The number of aromatic nitrogens is 2. The lowest BCUT2D eigenvalue weighted by molar-refractivity contribution is -0.870. The third-order valence-corrected chi connectivity index (χ3v) is 3.43. The molecule has 102 valence electrons. The molecule has 0 atom stereocenters. The molecule has 2 rings (SSSR count). The highest BCUT2D eigenvalue weighted by atomic mass is 15.3. The molecule has 5 heteroatoms. The second-order valence-electron chi connectivity index (χ2n) is 6.18. The van der Waals surface area contributed by atoms with Crippen molar-refractivity contribution in [3.05, 3.63) is 5.69 Å². The zero-order valence-electron chi connectivity index (χ0n) is 11.9. The number of nitrogens with two attached hydrogens (primary N) is 1. The van der Waals surface area contributed by atoms with Crippen LogP contribution in [0.2, 0.25) is 0 Å². The van der Waals surface area contributed by atoms with Gasteiger partial charge >= 0.3 is 0 Å². The van der Waals surface area contributed by atoms with Crippen molar-refractivity contribution in [3.8, 4) is 0 Å². The molecular weight excluding hydrogens is 226 g/mol. The van der Waals surface area contributed by atoms with Gasteiger partial charge in [0.1, 0.15) is 0 Å². The molecule has 18 heavy (non-hydrogen) atoms. The highest BCUT2D eigenvalue weighted by Crippen LogP contribution is 2.26. The lowest BCUT2D eigenvalue weighted by atomic mass is 10.1. The Morgan fingerprint density at radius 3 is 2.78 bits per heavy atom. The second kappa shape index (κ2) is 5.18. The largest absolute Gasteiger partial charge is 0.394 e. The van der Waals surface area contributed by atoms with E-state index in [2.05, 4.69) is 36.2 Å². The van der Waals surface area contributed by atoms with Gasteiger partial charge in [0.05, 0.1) is 39.1 Å². The molecule has 0 saturated carbocycles. The van der Waals surface area contributed by atoms with Gasteiger partial charge in [-0.2, -0.15) is 5.10 Å². The highest BCUT2D eigenvalue weighted by Gasteiger charge is 2.17. The summed E-state index contributed by atoms with van der Waals surface area (Å²) >= 11 is 0. The molecule has 0 aliphatic carbocycles. The van der Waals surface area contributed by atoms with Crippen LogP contribution in [0, 0.1) is 0 Å². The van der Waals surface area contributed by atoms with Crippen LogP contribution in [0.15, 0.2) is 0 Å². The fourth-order valence-electron chi connectivity index (χ4n) is 2.40. The smallest absolute Gasteiger partial charge is 0.171 e. The van der Waals surface area contributed by atoms with Crippen LogP contribution in [-0.4, -0.2) is 48.5 Å². The number of anilines is 2. The zero-order valence-corrected chi connectivity index (χ0v) is 11.9. The molecule has 0 spiro atoms. The van der Waals surface area contributed by atoms with Crippen molar-refractivity contribution in [3.63, 3.8) is 0 Å². The summed E-state index contributed by atoms with van der Waals surface area (Å²) in [7, 11) is 6.64. The number of nitrogen functional groups attached to an aromatic ring is 1. The molecule has 3 N–H and O–H groups in total. The van der Waals surface area contributed by atoms with E-state index in [9.17, 15) is 0 Å². The fraction of sp³-hybridized carbons (Fsp3) is 0.769. The first kappa shape index (κ1) is 13.2. The van der Waals surface area contributed by atoms with Crippen molar-refractivity contribution >= 4 is 11.5 Å². The van der Waals surface area contributed by atoms with Crippen molar-refractivity contribution in [1.29, 1.82) is 0 Å². The molecular formula is C13H26N5+. The Morgan fingerprint density at radius 2 is 2.11 bits per heavy atom. The van der Waals surface area contributed by atoms with Crippen LogP contribution in [0.3, 0.4) is 0 Å². The van der Waals surface area contributed by atoms with Gasteiger partial charge in [-0.05, 0) is 19.3 Å². The molecule has 0 saturated heterocycles. The Labute approximate surface area is 110 Å². The Balaban J connectivity index is 1.88. The summed E-state index contributed by atoms with van der Waals surface area (Å²) in [5.74, 6) is 0.883. The van der Waals surface area contributed by atoms with Gasteiger partial charge in [0, 0.05) is 19.5 Å². The summed E-state index contributed by atoms with van der Waals surface area (Å²) in [6.45, 7) is 3.11. The van der Waals surface area contributed by atoms with Crippen molar-refractivity contribution in [2.75, 3.05) is 45.3 Å². The third-order valence-electron chi connectivity index (χ3n) is 3.43. The molecule has 0 fully saturated rings. The summed E-state index contributed by atoms with van der Waals surface area (Å²) in [6.07, 6.45) is 4.65. The predicted octanol–water partition coefficient (Wildman–Crippen LogP) is 1.31. The zero-order chi connectivity index (χ0) is 13.2. The Bertz CT molecular complexity index is 402. The molecule has 0 unspecified atom stereocenters. The Hall–Kier alpha value is -1.23. The molecule has 0 bridgehead atoms. The van der Waals surface area contributed by atoms with Gasteiger partial charge in [0.15, 0.2) is 5.82 Å². The van der Waals surface area contributed by atoms with Gasteiger partial charge < -0.3 is 15.5 Å². The second-order valence-corrected chi connectivity index (χ2v) is 6.18. The van der Waals surface area contributed by atoms with Crippen LogP contribution >= 0.6 is 0 Å². The van der Waals surface area contributed by atoms with E-state index in [0.717, 1.165) is 48.5 Å². The van der Waals surface area contributed by atoms with Gasteiger partial charge in [0.25, 0.3) is 0 Å². The number of rotatable bonds is 5. The summed E-state index contributed by atoms with van der Waals surface area (Å²) in [5.41, 5.74) is 8.22. The van der Waals surface area contributed by atoms with E-state index in [1.807, 2.05) is 0 Å². The van der Waals surface area contributed by atoms with Crippen LogP contribution in [0.5, 0.6) is 0 Å². The molecule has 0 aromatic carbocycles. The minimum Gasteiger partial charge on any atom is -0.394 e. The number of nitrogens with zero attached hydrogens (tertiary/aromatic N) is 3. The maximum atomic E-state index is 6.14. The number of nitrogens with one attached hydrogen (secondary N) is 1. The first-order valence-electron chi connectivity index (χ1n) is 6.87. The van der Waals surface area contributed by atoms with Crippen molar-refractivity contribution in [1.82, 2.24) is 9.78 Å². The number of hydrogen-bond donors (Lipinski definition) is 2. The average molecular weight is 252 g/mol. The predicted molar refractivity (Wildman–Crippen MR) is 75.6 cm³/mol. The number of aryl methyl sites for hydroxylation is 1.